The van der Waals surface area contributed by atoms with Crippen molar-refractivity contribution in [3.63, 3.8) is 0 Å². The number of hydrogen-bond acceptors (Lipinski definition) is 5. The molecule has 17 heavy (non-hydrogen) atoms. The van der Waals surface area contributed by atoms with E-state index >= 15 is 0 Å². The van der Waals surface area contributed by atoms with E-state index < -0.39 is 12.1 Å². The van der Waals surface area contributed by atoms with E-state index in [9.17, 15) is 4.79 Å². The van der Waals surface area contributed by atoms with Gasteiger partial charge in [0.15, 0.2) is 6.10 Å². The number of rotatable bonds is 10. The molecule has 0 aliphatic carbocycles. The maximum absolute atomic E-state index is 10.3. The molecule has 0 saturated heterocycles. The molecule has 0 spiro atoms. The van der Waals surface area contributed by atoms with E-state index in [0.29, 0.717) is 6.54 Å². The van der Waals surface area contributed by atoms with Crippen LogP contribution in [-0.2, 0) is 4.79 Å². The van der Waals surface area contributed by atoms with Gasteiger partial charge in [0.2, 0.25) is 0 Å². The van der Waals surface area contributed by atoms with Crippen LogP contribution in [0.4, 0.5) is 0 Å². The fourth-order valence-corrected chi connectivity index (χ4v) is 1.30. The largest absolute Gasteiger partial charge is 0.479 e. The van der Waals surface area contributed by atoms with Crippen LogP contribution in [0.3, 0.4) is 0 Å². The number of nitrogens with one attached hydrogen (secondary N) is 2. The molecule has 5 N–H and O–H groups in total. The van der Waals surface area contributed by atoms with Crippen LogP contribution in [0.1, 0.15) is 26.7 Å². The quantitative estimate of drug-likeness (QED) is 0.345. The van der Waals surface area contributed by atoms with Gasteiger partial charge in [0.05, 0.1) is 6.61 Å². The van der Waals surface area contributed by atoms with Gasteiger partial charge in [0, 0.05) is 12.1 Å². The van der Waals surface area contributed by atoms with Gasteiger partial charge >= 0.3 is 5.97 Å². The van der Waals surface area contributed by atoms with Crippen molar-refractivity contribution in [1.29, 1.82) is 0 Å². The predicted molar refractivity (Wildman–Crippen MR) is 64.9 cm³/mol. The highest BCUT2D eigenvalue weighted by atomic mass is 16.4. The van der Waals surface area contributed by atoms with Crippen LogP contribution in [0.2, 0.25) is 0 Å². The number of carboxylic acids is 1. The van der Waals surface area contributed by atoms with E-state index in [1.54, 1.807) is 0 Å². The van der Waals surface area contributed by atoms with Crippen molar-refractivity contribution in [2.75, 3.05) is 19.7 Å². The van der Waals surface area contributed by atoms with Crippen LogP contribution in [-0.4, -0.2) is 59.2 Å². The minimum atomic E-state index is -1.29. The van der Waals surface area contributed by atoms with Gasteiger partial charge in [-0.3, -0.25) is 0 Å². The Bertz CT molecular complexity index is 214. The number of aliphatic hydroxyl groups excluding tert-OH is 2. The van der Waals surface area contributed by atoms with E-state index in [1.165, 1.54) is 0 Å². The summed E-state index contributed by atoms with van der Waals surface area (Å²) in [5.41, 5.74) is 0. The van der Waals surface area contributed by atoms with Crippen molar-refractivity contribution in [2.24, 2.45) is 0 Å². The Balaban J connectivity index is 3.46. The Kier molecular flexibility index (Phi) is 8.97. The van der Waals surface area contributed by atoms with E-state index in [0.717, 1.165) is 13.0 Å². The Morgan fingerprint density at radius 3 is 2.18 bits per heavy atom. The second kappa shape index (κ2) is 9.35. The molecule has 0 aliphatic rings. The predicted octanol–water partition coefficient (Wildman–Crippen LogP) is -0.839. The lowest BCUT2D eigenvalue weighted by Crippen LogP contribution is -2.36. The summed E-state index contributed by atoms with van der Waals surface area (Å²) in [4.78, 5) is 10.3. The van der Waals surface area contributed by atoms with Gasteiger partial charge in [-0.25, -0.2) is 4.79 Å². The molecular formula is C11H24N2O4. The molecule has 6 nitrogen and oxygen atoms in total. The first-order valence-corrected chi connectivity index (χ1v) is 5.95. The van der Waals surface area contributed by atoms with Gasteiger partial charge < -0.3 is 26.0 Å². The number of hydrogen-bond donors (Lipinski definition) is 5. The molecule has 0 amide bonds. The average molecular weight is 248 g/mol. The monoisotopic (exact) mass is 248 g/mol. The third-order valence-corrected chi connectivity index (χ3v) is 2.54. The topological polar surface area (TPSA) is 102 Å². The van der Waals surface area contributed by atoms with Gasteiger partial charge in [-0.05, 0) is 39.8 Å². The van der Waals surface area contributed by atoms with E-state index in [1.807, 2.05) is 13.8 Å². The standard InChI is InChI=1S/C11H24N2O4/c1-8(3-5-13-9(2)7-14)12-6-4-10(15)11(16)17/h8-10,12-15H,3-7H2,1-2H3,(H,16,17)/t8-,9-,10+/m1/s1. The minimum Gasteiger partial charge on any atom is -0.479 e. The fraction of sp³-hybridized carbons (Fsp3) is 0.909. The van der Waals surface area contributed by atoms with Gasteiger partial charge in [-0.2, -0.15) is 0 Å². The van der Waals surface area contributed by atoms with Gasteiger partial charge in [0.1, 0.15) is 0 Å². The Morgan fingerprint density at radius 2 is 1.65 bits per heavy atom. The third kappa shape index (κ3) is 9.05. The third-order valence-electron chi connectivity index (χ3n) is 2.54. The van der Waals surface area contributed by atoms with Gasteiger partial charge in [-0.1, -0.05) is 0 Å². The first-order valence-electron chi connectivity index (χ1n) is 5.95. The van der Waals surface area contributed by atoms with Gasteiger partial charge in [0.25, 0.3) is 0 Å². The van der Waals surface area contributed by atoms with Crippen molar-refractivity contribution in [1.82, 2.24) is 10.6 Å². The summed E-state index contributed by atoms with van der Waals surface area (Å²) in [6.45, 7) is 5.29. The zero-order valence-corrected chi connectivity index (χ0v) is 10.5. The lowest BCUT2D eigenvalue weighted by Gasteiger charge is -2.16. The summed E-state index contributed by atoms with van der Waals surface area (Å²) >= 11 is 0. The lowest BCUT2D eigenvalue weighted by atomic mass is 10.2. The van der Waals surface area contributed by atoms with Crippen LogP contribution in [0.15, 0.2) is 0 Å². The van der Waals surface area contributed by atoms with E-state index in [-0.39, 0.29) is 25.1 Å². The molecular weight excluding hydrogens is 224 g/mol. The van der Waals surface area contributed by atoms with Crippen LogP contribution in [0, 0.1) is 0 Å². The maximum atomic E-state index is 10.3. The van der Waals surface area contributed by atoms with Crippen LogP contribution < -0.4 is 10.6 Å². The van der Waals surface area contributed by atoms with E-state index in [4.69, 9.17) is 15.3 Å². The molecule has 102 valence electrons. The van der Waals surface area contributed by atoms with Crippen molar-refractivity contribution >= 4 is 5.97 Å². The van der Waals surface area contributed by atoms with Crippen molar-refractivity contribution in [3.05, 3.63) is 0 Å². The van der Waals surface area contributed by atoms with Crippen molar-refractivity contribution in [2.45, 2.75) is 44.9 Å². The molecule has 0 fully saturated rings. The highest BCUT2D eigenvalue weighted by Crippen LogP contribution is 1.93. The fourth-order valence-electron chi connectivity index (χ4n) is 1.30. The summed E-state index contributed by atoms with van der Waals surface area (Å²) in [5.74, 6) is -1.18. The van der Waals surface area contributed by atoms with Crippen LogP contribution in [0.25, 0.3) is 0 Å². The number of carboxylic acid groups (broad SMARTS) is 1. The minimum absolute atomic E-state index is 0.0935. The summed E-state index contributed by atoms with van der Waals surface area (Å²) < 4.78 is 0. The number of aliphatic hydroxyl groups is 2. The highest BCUT2D eigenvalue weighted by Gasteiger charge is 2.12. The summed E-state index contributed by atoms with van der Waals surface area (Å²) in [5, 5.41) is 32.6. The molecule has 0 aromatic carbocycles. The summed E-state index contributed by atoms with van der Waals surface area (Å²) in [7, 11) is 0. The molecule has 0 saturated carbocycles. The molecule has 0 rings (SSSR count). The molecule has 0 radical (unpaired) electrons. The molecule has 0 bridgehead atoms. The van der Waals surface area contributed by atoms with Crippen LogP contribution >= 0.6 is 0 Å². The average Bonchev–Trinajstić information content (AvgIpc) is 2.28. The Labute approximate surface area is 102 Å². The Hall–Kier alpha value is -0.690. The molecule has 0 aromatic heterocycles. The second-order valence-corrected chi connectivity index (χ2v) is 4.32. The molecule has 0 aromatic rings. The first kappa shape index (κ1) is 16.3. The van der Waals surface area contributed by atoms with Crippen molar-refractivity contribution < 1.29 is 20.1 Å². The first-order chi connectivity index (χ1) is 7.97. The molecule has 0 aliphatic heterocycles. The number of aliphatic carboxylic acids is 1. The van der Waals surface area contributed by atoms with Crippen LogP contribution in [0.5, 0.6) is 0 Å². The highest BCUT2D eigenvalue weighted by molar-refractivity contribution is 5.71. The Morgan fingerprint density at radius 1 is 1.12 bits per heavy atom. The van der Waals surface area contributed by atoms with Gasteiger partial charge in [-0.15, -0.1) is 0 Å². The lowest BCUT2D eigenvalue weighted by molar-refractivity contribution is -0.146. The molecule has 3 atom stereocenters. The SMILES string of the molecule is C[C@H](CO)NCC[C@@H](C)NCC[C@H](O)C(=O)O. The zero-order valence-electron chi connectivity index (χ0n) is 10.5. The second-order valence-electron chi connectivity index (χ2n) is 4.32. The molecule has 0 unspecified atom stereocenters. The summed E-state index contributed by atoms with van der Waals surface area (Å²) in [6, 6.07) is 0.338. The smallest absolute Gasteiger partial charge is 0.332 e. The van der Waals surface area contributed by atoms with E-state index in [2.05, 4.69) is 10.6 Å². The molecule has 6 heteroatoms. The summed E-state index contributed by atoms with van der Waals surface area (Å²) in [6.07, 6.45) is -0.199. The molecule has 0 heterocycles. The number of carbonyl (C=O) groups is 1. The van der Waals surface area contributed by atoms with Crippen molar-refractivity contribution in [3.8, 4) is 0 Å². The maximum Gasteiger partial charge on any atom is 0.332 e. The normalized spacial score (nSPS) is 16.5. The zero-order chi connectivity index (χ0) is 13.3.